The van der Waals surface area contributed by atoms with Gasteiger partial charge in [-0.15, -0.1) is 0 Å². The number of aryl methyl sites for hydroxylation is 1. The second kappa shape index (κ2) is 5.99. The zero-order valence-electron chi connectivity index (χ0n) is 10.2. The van der Waals surface area contributed by atoms with Crippen LogP contribution in [0.1, 0.15) is 15.9 Å². The molecule has 0 aliphatic carbocycles. The highest BCUT2D eigenvalue weighted by Gasteiger charge is 2.25. The maximum Gasteiger partial charge on any atom is 0.252 e. The fourth-order valence-corrected chi connectivity index (χ4v) is 2.67. The smallest absolute Gasteiger partial charge is 0.252 e. The van der Waals surface area contributed by atoms with Gasteiger partial charge in [-0.05, 0) is 41.1 Å². The van der Waals surface area contributed by atoms with E-state index in [-0.39, 0.29) is 17.9 Å². The van der Waals surface area contributed by atoms with E-state index in [1.165, 1.54) is 0 Å². The summed E-state index contributed by atoms with van der Waals surface area (Å²) in [4.78, 5) is 12.1. The molecule has 98 valence electrons. The number of hydrogen-bond acceptors (Lipinski definition) is 3. The molecule has 1 amide bonds. The van der Waals surface area contributed by atoms with Crippen molar-refractivity contribution in [1.82, 2.24) is 10.6 Å². The number of hydrogen-bond donors (Lipinski definition) is 3. The Morgan fingerprint density at radius 3 is 3.00 bits per heavy atom. The van der Waals surface area contributed by atoms with Crippen molar-refractivity contribution < 1.29 is 9.90 Å². The van der Waals surface area contributed by atoms with Gasteiger partial charge >= 0.3 is 0 Å². The van der Waals surface area contributed by atoms with E-state index in [9.17, 15) is 9.90 Å². The fourth-order valence-electron chi connectivity index (χ4n) is 2.07. The first kappa shape index (κ1) is 13.8. The fraction of sp³-hybridized carbons (Fsp3) is 0.462. The lowest BCUT2D eigenvalue weighted by atomic mass is 10.1. The van der Waals surface area contributed by atoms with Crippen molar-refractivity contribution in [2.24, 2.45) is 5.92 Å². The number of rotatable bonds is 3. The number of benzene rings is 1. The number of halogens is 1. The quantitative estimate of drug-likeness (QED) is 0.703. The Balaban J connectivity index is 1.97. The lowest BCUT2D eigenvalue weighted by molar-refractivity contribution is 0.0926. The van der Waals surface area contributed by atoms with Crippen LogP contribution in [0.15, 0.2) is 18.2 Å². The highest BCUT2D eigenvalue weighted by Crippen LogP contribution is 2.16. The lowest BCUT2D eigenvalue weighted by Crippen LogP contribution is -2.34. The summed E-state index contributed by atoms with van der Waals surface area (Å²) >= 11 is 2.19. The molecule has 0 saturated carbocycles. The number of carbonyl (C=O) groups excluding carboxylic acids is 1. The van der Waals surface area contributed by atoms with Gasteiger partial charge in [0.2, 0.25) is 0 Å². The third-order valence-electron chi connectivity index (χ3n) is 3.27. The van der Waals surface area contributed by atoms with E-state index in [1.54, 1.807) is 0 Å². The lowest BCUT2D eigenvalue weighted by Gasteiger charge is -2.15. The first-order chi connectivity index (χ1) is 8.59. The van der Waals surface area contributed by atoms with Crippen LogP contribution >= 0.6 is 22.6 Å². The van der Waals surface area contributed by atoms with Crippen molar-refractivity contribution in [3.63, 3.8) is 0 Å². The molecule has 2 unspecified atom stereocenters. The van der Waals surface area contributed by atoms with Crippen LogP contribution in [0.3, 0.4) is 0 Å². The van der Waals surface area contributed by atoms with E-state index < -0.39 is 0 Å². The molecule has 18 heavy (non-hydrogen) atoms. The molecule has 4 nitrogen and oxygen atoms in total. The van der Waals surface area contributed by atoms with Gasteiger partial charge in [-0.1, -0.05) is 12.1 Å². The second-order valence-corrected chi connectivity index (χ2v) is 5.71. The molecule has 2 rings (SSSR count). The second-order valence-electron chi connectivity index (χ2n) is 4.63. The minimum absolute atomic E-state index is 0.0674. The van der Waals surface area contributed by atoms with Crippen molar-refractivity contribution >= 4 is 28.5 Å². The summed E-state index contributed by atoms with van der Waals surface area (Å²) in [6.45, 7) is 3.87. The number of carbonyl (C=O) groups is 1. The maximum atomic E-state index is 12.1. The van der Waals surface area contributed by atoms with Crippen LogP contribution in [-0.4, -0.2) is 36.8 Å². The van der Waals surface area contributed by atoms with Crippen LogP contribution in [-0.2, 0) is 0 Å². The molecule has 3 N–H and O–H groups in total. The first-order valence-electron chi connectivity index (χ1n) is 6.01. The molecule has 1 aliphatic heterocycles. The van der Waals surface area contributed by atoms with Crippen LogP contribution in [0, 0.1) is 16.4 Å². The van der Waals surface area contributed by atoms with Crippen molar-refractivity contribution in [3.8, 4) is 0 Å². The molecular formula is C13H17IN2O2. The highest BCUT2D eigenvalue weighted by atomic mass is 127. The molecule has 2 atom stereocenters. The van der Waals surface area contributed by atoms with Gasteiger partial charge in [-0.2, -0.15) is 0 Å². The Labute approximate surface area is 120 Å². The molecule has 1 saturated heterocycles. The monoisotopic (exact) mass is 360 g/mol. The molecule has 0 aromatic heterocycles. The number of β-amino-alcohol motifs (C(OH)–C–C–N with tert-alkyl or cyclic N) is 1. The number of aliphatic hydroxyl groups excluding tert-OH is 1. The number of aliphatic hydroxyl groups is 1. The minimum Gasteiger partial charge on any atom is -0.391 e. The van der Waals surface area contributed by atoms with Crippen molar-refractivity contribution in [3.05, 3.63) is 32.9 Å². The van der Waals surface area contributed by atoms with Gasteiger partial charge in [0.05, 0.1) is 11.7 Å². The Hall–Kier alpha value is -0.660. The average molecular weight is 360 g/mol. The van der Waals surface area contributed by atoms with E-state index in [0.717, 1.165) is 15.7 Å². The number of nitrogens with one attached hydrogen (secondary N) is 2. The molecule has 0 spiro atoms. The minimum atomic E-state index is -0.359. The zero-order chi connectivity index (χ0) is 13.1. The molecule has 0 bridgehead atoms. The molecule has 1 aromatic rings. The highest BCUT2D eigenvalue weighted by molar-refractivity contribution is 14.1. The molecule has 1 fully saturated rings. The summed E-state index contributed by atoms with van der Waals surface area (Å²) < 4.78 is 0.984. The van der Waals surface area contributed by atoms with E-state index in [0.29, 0.717) is 18.7 Å². The molecule has 0 radical (unpaired) electrons. The van der Waals surface area contributed by atoms with E-state index >= 15 is 0 Å². The third kappa shape index (κ3) is 3.02. The zero-order valence-corrected chi connectivity index (χ0v) is 12.4. The predicted molar refractivity (Wildman–Crippen MR) is 78.6 cm³/mol. The normalized spacial score (nSPS) is 23.1. The topological polar surface area (TPSA) is 61.4 Å². The summed E-state index contributed by atoms with van der Waals surface area (Å²) in [5, 5.41) is 15.7. The van der Waals surface area contributed by atoms with Gasteiger partial charge in [0.25, 0.3) is 5.91 Å². The predicted octanol–water partition coefficient (Wildman–Crippen LogP) is 0.910. The Bertz CT molecular complexity index is 451. The Morgan fingerprint density at radius 2 is 2.33 bits per heavy atom. The van der Waals surface area contributed by atoms with E-state index in [2.05, 4.69) is 33.2 Å². The summed E-state index contributed by atoms with van der Waals surface area (Å²) in [5.41, 5.74) is 1.81. The van der Waals surface area contributed by atoms with Crippen molar-refractivity contribution in [1.29, 1.82) is 0 Å². The SMILES string of the molecule is Cc1cccc(C(=O)NCC2CNCC2O)c1I. The number of amides is 1. The summed E-state index contributed by atoms with van der Waals surface area (Å²) in [6.07, 6.45) is -0.359. The first-order valence-corrected chi connectivity index (χ1v) is 7.09. The van der Waals surface area contributed by atoms with Crippen LogP contribution in [0.25, 0.3) is 0 Å². The van der Waals surface area contributed by atoms with Gasteiger partial charge in [0.15, 0.2) is 0 Å². The molecule has 5 heteroatoms. The van der Waals surface area contributed by atoms with E-state index in [1.807, 2.05) is 25.1 Å². The van der Waals surface area contributed by atoms with Crippen LogP contribution in [0.4, 0.5) is 0 Å². The van der Waals surface area contributed by atoms with Gasteiger partial charge in [0, 0.05) is 29.1 Å². The van der Waals surface area contributed by atoms with Crippen LogP contribution in [0.2, 0.25) is 0 Å². The summed E-state index contributed by atoms with van der Waals surface area (Å²) in [5.74, 6) is 0.0404. The van der Waals surface area contributed by atoms with Crippen LogP contribution in [0.5, 0.6) is 0 Å². The summed E-state index contributed by atoms with van der Waals surface area (Å²) in [7, 11) is 0. The Morgan fingerprint density at radius 1 is 1.56 bits per heavy atom. The third-order valence-corrected chi connectivity index (χ3v) is 4.70. The molecular weight excluding hydrogens is 343 g/mol. The average Bonchev–Trinajstić information content (AvgIpc) is 2.75. The van der Waals surface area contributed by atoms with Gasteiger partial charge < -0.3 is 15.7 Å². The van der Waals surface area contributed by atoms with Crippen molar-refractivity contribution in [2.45, 2.75) is 13.0 Å². The summed E-state index contributed by atoms with van der Waals surface area (Å²) in [6, 6.07) is 5.70. The van der Waals surface area contributed by atoms with Gasteiger partial charge in [-0.3, -0.25) is 4.79 Å². The standard InChI is InChI=1S/C13H17IN2O2/c1-8-3-2-4-10(12(8)14)13(18)16-6-9-5-15-7-11(9)17/h2-4,9,11,15,17H,5-7H2,1H3,(H,16,18). The molecule has 1 aliphatic rings. The largest absolute Gasteiger partial charge is 0.391 e. The van der Waals surface area contributed by atoms with E-state index in [4.69, 9.17) is 0 Å². The maximum absolute atomic E-state index is 12.1. The molecule has 1 heterocycles. The van der Waals surface area contributed by atoms with Crippen LogP contribution < -0.4 is 10.6 Å². The molecule has 1 aromatic carbocycles. The van der Waals surface area contributed by atoms with Gasteiger partial charge in [-0.25, -0.2) is 0 Å². The van der Waals surface area contributed by atoms with Crippen molar-refractivity contribution in [2.75, 3.05) is 19.6 Å². The Kier molecular flexibility index (Phi) is 4.58. The van der Waals surface area contributed by atoms with Gasteiger partial charge in [0.1, 0.15) is 0 Å².